The number of piperazine rings is 1. The minimum absolute atomic E-state index is 0.790. The molecule has 0 aliphatic carbocycles. The van der Waals surface area contributed by atoms with Crippen molar-refractivity contribution in [3.05, 3.63) is 52.3 Å². The molecule has 7 heteroatoms. The topological polar surface area (TPSA) is 36.3 Å². The third-order valence-corrected chi connectivity index (χ3v) is 5.56. The first kappa shape index (κ1) is 20.1. The van der Waals surface area contributed by atoms with Gasteiger partial charge in [-0.25, -0.2) is 0 Å². The zero-order valence-electron chi connectivity index (χ0n) is 16.1. The van der Waals surface area contributed by atoms with Crippen molar-refractivity contribution < 1.29 is 0 Å². The van der Waals surface area contributed by atoms with Crippen LogP contribution in [-0.2, 0) is 13.1 Å². The molecule has 1 saturated heterocycles. The highest BCUT2D eigenvalue weighted by Gasteiger charge is 2.18. The van der Waals surface area contributed by atoms with Crippen LogP contribution in [0.5, 0.6) is 0 Å². The molecule has 146 valence electrons. The number of hydrogen-bond donors (Lipinski definition) is 1. The van der Waals surface area contributed by atoms with Crippen LogP contribution in [0.3, 0.4) is 0 Å². The second kappa shape index (κ2) is 9.53. The number of benzene rings is 1. The normalized spacial score (nSPS) is 15.1. The van der Waals surface area contributed by atoms with Crippen molar-refractivity contribution in [2.75, 3.05) is 32.7 Å². The molecule has 0 bridgehead atoms. The van der Waals surface area contributed by atoms with Gasteiger partial charge in [-0.05, 0) is 56.2 Å². The molecular weight excluding hydrogens is 378 g/mol. The lowest BCUT2D eigenvalue weighted by atomic mass is 10.2. The van der Waals surface area contributed by atoms with Gasteiger partial charge >= 0.3 is 0 Å². The van der Waals surface area contributed by atoms with Gasteiger partial charge in [-0.1, -0.05) is 23.7 Å². The lowest BCUT2D eigenvalue weighted by Crippen LogP contribution is -2.51. The molecule has 27 heavy (non-hydrogen) atoms. The Morgan fingerprint density at radius 1 is 1.15 bits per heavy atom. The maximum absolute atomic E-state index is 5.96. The maximum Gasteiger partial charge on any atom is 0.169 e. The summed E-state index contributed by atoms with van der Waals surface area (Å²) in [6.07, 6.45) is 1.01. The van der Waals surface area contributed by atoms with Gasteiger partial charge in [0, 0.05) is 56.5 Å². The van der Waals surface area contributed by atoms with E-state index in [4.69, 9.17) is 23.8 Å². The van der Waals surface area contributed by atoms with E-state index in [1.54, 1.807) is 0 Å². The molecule has 2 aromatic rings. The van der Waals surface area contributed by atoms with E-state index in [1.165, 1.54) is 11.3 Å². The van der Waals surface area contributed by atoms with E-state index in [-0.39, 0.29) is 0 Å². The van der Waals surface area contributed by atoms with E-state index < -0.39 is 0 Å². The lowest BCUT2D eigenvalue weighted by molar-refractivity contribution is 0.174. The van der Waals surface area contributed by atoms with Crippen molar-refractivity contribution in [1.29, 1.82) is 0 Å². The zero-order chi connectivity index (χ0) is 19.2. The van der Waals surface area contributed by atoms with Crippen LogP contribution in [0, 0.1) is 13.8 Å². The standard InChI is InChI=1S/C20H28ClN5S/c1-16-14-17(2)26(23-16)9-3-8-22-20(27)25-12-10-24(11-13-25)15-18-4-6-19(21)7-5-18/h4-7,14H,3,8-13,15H2,1-2H3,(H,22,27). The van der Waals surface area contributed by atoms with Crippen LogP contribution in [0.1, 0.15) is 23.4 Å². The summed E-state index contributed by atoms with van der Waals surface area (Å²) >= 11 is 11.5. The van der Waals surface area contributed by atoms with Crippen molar-refractivity contribution in [1.82, 2.24) is 24.9 Å². The largest absolute Gasteiger partial charge is 0.362 e. The molecular formula is C20H28ClN5S. The van der Waals surface area contributed by atoms with Crippen molar-refractivity contribution in [2.45, 2.75) is 33.4 Å². The fourth-order valence-electron chi connectivity index (χ4n) is 3.39. The molecule has 5 nitrogen and oxygen atoms in total. The number of nitrogens with one attached hydrogen (secondary N) is 1. The lowest BCUT2D eigenvalue weighted by Gasteiger charge is -2.36. The number of nitrogens with zero attached hydrogens (tertiary/aromatic N) is 4. The van der Waals surface area contributed by atoms with Crippen LogP contribution in [0.25, 0.3) is 0 Å². The molecule has 1 aromatic heterocycles. The Hall–Kier alpha value is -1.63. The van der Waals surface area contributed by atoms with Crippen LogP contribution in [-0.4, -0.2) is 57.4 Å². The van der Waals surface area contributed by atoms with Gasteiger partial charge in [0.1, 0.15) is 0 Å². The number of aryl methyl sites for hydroxylation is 3. The fourth-order valence-corrected chi connectivity index (χ4v) is 3.80. The van der Waals surface area contributed by atoms with Crippen LogP contribution >= 0.6 is 23.8 Å². The maximum atomic E-state index is 5.96. The first-order valence-electron chi connectivity index (χ1n) is 9.52. The monoisotopic (exact) mass is 405 g/mol. The second-order valence-electron chi connectivity index (χ2n) is 7.13. The predicted octanol–water partition coefficient (Wildman–Crippen LogP) is 3.24. The van der Waals surface area contributed by atoms with Gasteiger partial charge in [0.05, 0.1) is 5.69 Å². The highest BCUT2D eigenvalue weighted by atomic mass is 35.5. The Balaban J connectivity index is 1.34. The van der Waals surface area contributed by atoms with Gasteiger partial charge in [0.2, 0.25) is 0 Å². The van der Waals surface area contributed by atoms with Crippen molar-refractivity contribution >= 4 is 28.9 Å². The first-order chi connectivity index (χ1) is 13.0. The molecule has 3 rings (SSSR count). The Morgan fingerprint density at radius 2 is 1.85 bits per heavy atom. The Bertz CT molecular complexity index is 750. The molecule has 1 aliphatic heterocycles. The average molecular weight is 406 g/mol. The molecule has 2 heterocycles. The summed E-state index contributed by atoms with van der Waals surface area (Å²) in [7, 11) is 0. The summed E-state index contributed by atoms with van der Waals surface area (Å²) in [5.41, 5.74) is 3.59. The number of rotatable bonds is 6. The number of halogens is 1. The van der Waals surface area contributed by atoms with Crippen LogP contribution in [0.15, 0.2) is 30.3 Å². The van der Waals surface area contributed by atoms with Gasteiger partial charge in [-0.2, -0.15) is 5.10 Å². The van der Waals surface area contributed by atoms with Crippen LogP contribution < -0.4 is 5.32 Å². The molecule has 0 spiro atoms. The van der Waals surface area contributed by atoms with Gasteiger partial charge < -0.3 is 10.2 Å². The molecule has 0 radical (unpaired) electrons. The van der Waals surface area contributed by atoms with E-state index in [0.29, 0.717) is 0 Å². The summed E-state index contributed by atoms with van der Waals surface area (Å²) in [4.78, 5) is 4.74. The average Bonchev–Trinajstić information content (AvgIpc) is 2.98. The molecule has 1 fully saturated rings. The van der Waals surface area contributed by atoms with Gasteiger partial charge in [-0.15, -0.1) is 0 Å². The SMILES string of the molecule is Cc1cc(C)n(CCCNC(=S)N2CCN(Cc3ccc(Cl)cc3)CC2)n1. The van der Waals surface area contributed by atoms with E-state index in [2.05, 4.69) is 50.0 Å². The van der Waals surface area contributed by atoms with Crippen molar-refractivity contribution in [2.24, 2.45) is 0 Å². The van der Waals surface area contributed by atoms with Gasteiger partial charge in [0.25, 0.3) is 0 Å². The Labute approximate surface area is 172 Å². The van der Waals surface area contributed by atoms with Crippen LogP contribution in [0.2, 0.25) is 5.02 Å². The third kappa shape index (κ3) is 5.92. The van der Waals surface area contributed by atoms with E-state index in [1.807, 2.05) is 19.1 Å². The molecule has 1 N–H and O–H groups in total. The van der Waals surface area contributed by atoms with Gasteiger partial charge in [-0.3, -0.25) is 9.58 Å². The predicted molar refractivity (Wildman–Crippen MR) is 115 cm³/mol. The molecule has 1 aromatic carbocycles. The molecule has 0 atom stereocenters. The minimum Gasteiger partial charge on any atom is -0.362 e. The zero-order valence-corrected chi connectivity index (χ0v) is 17.7. The number of aromatic nitrogens is 2. The molecule has 0 saturated carbocycles. The number of hydrogen-bond acceptors (Lipinski definition) is 3. The quantitative estimate of drug-likeness (QED) is 0.589. The first-order valence-corrected chi connectivity index (χ1v) is 10.3. The summed E-state index contributed by atoms with van der Waals surface area (Å²) in [6.45, 7) is 10.9. The molecule has 0 unspecified atom stereocenters. The second-order valence-corrected chi connectivity index (χ2v) is 7.95. The van der Waals surface area contributed by atoms with E-state index >= 15 is 0 Å². The Kier molecular flexibility index (Phi) is 7.10. The summed E-state index contributed by atoms with van der Waals surface area (Å²) in [5.74, 6) is 0. The van der Waals surface area contributed by atoms with Crippen molar-refractivity contribution in [3.8, 4) is 0 Å². The summed E-state index contributed by atoms with van der Waals surface area (Å²) in [5, 5.41) is 9.56. The smallest absolute Gasteiger partial charge is 0.169 e. The van der Waals surface area contributed by atoms with Gasteiger partial charge in [0.15, 0.2) is 5.11 Å². The minimum atomic E-state index is 0.790. The Morgan fingerprint density at radius 3 is 2.48 bits per heavy atom. The molecule has 1 aliphatic rings. The number of thiocarbonyl (C=S) groups is 1. The summed E-state index contributed by atoms with van der Waals surface area (Å²) in [6, 6.07) is 10.2. The third-order valence-electron chi connectivity index (χ3n) is 4.91. The van der Waals surface area contributed by atoms with Crippen molar-refractivity contribution in [3.63, 3.8) is 0 Å². The molecule has 0 amide bonds. The van der Waals surface area contributed by atoms with E-state index in [9.17, 15) is 0 Å². The highest BCUT2D eigenvalue weighted by Crippen LogP contribution is 2.13. The fraction of sp³-hybridized carbons (Fsp3) is 0.500. The van der Waals surface area contributed by atoms with E-state index in [0.717, 1.165) is 68.1 Å². The highest BCUT2D eigenvalue weighted by molar-refractivity contribution is 7.80. The summed E-state index contributed by atoms with van der Waals surface area (Å²) < 4.78 is 2.07. The van der Waals surface area contributed by atoms with Crippen LogP contribution in [0.4, 0.5) is 0 Å².